The zero-order valence-electron chi connectivity index (χ0n) is 11.0. The van der Waals surface area contributed by atoms with Crippen LogP contribution >= 0.6 is 23.4 Å². The summed E-state index contributed by atoms with van der Waals surface area (Å²) < 4.78 is 38.3. The van der Waals surface area contributed by atoms with Gasteiger partial charge in [-0.1, -0.05) is 30.3 Å². The molecule has 0 fully saturated rings. The minimum Gasteiger partial charge on any atom is -0.335 e. The van der Waals surface area contributed by atoms with Crippen molar-refractivity contribution < 1.29 is 13.2 Å². The maximum Gasteiger partial charge on any atom is 0.417 e. The molecule has 1 aliphatic heterocycles. The second-order valence-electron chi connectivity index (χ2n) is 4.87. The Labute approximate surface area is 124 Å². The Bertz CT molecular complexity index is 545. The highest BCUT2D eigenvalue weighted by Gasteiger charge is 2.34. The van der Waals surface area contributed by atoms with E-state index in [1.54, 1.807) is 0 Å². The topological polar surface area (TPSA) is 24.4 Å². The molecule has 0 radical (unpaired) electrons. The van der Waals surface area contributed by atoms with Gasteiger partial charge in [0, 0.05) is 11.4 Å². The largest absolute Gasteiger partial charge is 0.417 e. The first kappa shape index (κ1) is 15.5. The molecule has 1 heterocycles. The highest BCUT2D eigenvalue weighted by Crippen LogP contribution is 2.37. The summed E-state index contributed by atoms with van der Waals surface area (Å²) in [6.07, 6.45) is -3.57. The lowest BCUT2D eigenvalue weighted by Crippen LogP contribution is -2.20. The minimum absolute atomic E-state index is 0.147. The highest BCUT2D eigenvalue weighted by molar-refractivity contribution is 8.14. The number of alkyl halides is 3. The predicted molar refractivity (Wildman–Crippen MR) is 78.7 cm³/mol. The van der Waals surface area contributed by atoms with Crippen LogP contribution in [-0.4, -0.2) is 16.5 Å². The maximum absolute atomic E-state index is 12.8. The second kappa shape index (κ2) is 5.48. The van der Waals surface area contributed by atoms with Crippen LogP contribution in [0, 0.1) is 0 Å². The van der Waals surface area contributed by atoms with Gasteiger partial charge in [-0.2, -0.15) is 13.2 Å². The van der Waals surface area contributed by atoms with Gasteiger partial charge in [0.1, 0.15) is 0 Å². The predicted octanol–water partition coefficient (Wildman–Crippen LogP) is 5.04. The lowest BCUT2D eigenvalue weighted by atomic mass is 10.0. The molecule has 0 saturated carbocycles. The Morgan fingerprint density at radius 3 is 2.70 bits per heavy atom. The fraction of sp³-hybridized carbons (Fsp3) is 0.462. The summed E-state index contributed by atoms with van der Waals surface area (Å²) in [5.41, 5.74) is -0.647. The first-order chi connectivity index (χ1) is 9.23. The number of nitrogens with one attached hydrogen (secondary N) is 1. The molecule has 1 aliphatic rings. The Morgan fingerprint density at radius 1 is 1.45 bits per heavy atom. The van der Waals surface area contributed by atoms with Crippen LogP contribution in [0.15, 0.2) is 23.2 Å². The summed E-state index contributed by atoms with van der Waals surface area (Å²) in [6.45, 7) is 4.06. The van der Waals surface area contributed by atoms with E-state index < -0.39 is 11.7 Å². The smallest absolute Gasteiger partial charge is 0.335 e. The monoisotopic (exact) mass is 322 g/mol. The summed E-state index contributed by atoms with van der Waals surface area (Å²) in [6, 6.07) is 3.77. The molecule has 0 bridgehead atoms. The molecule has 1 aromatic carbocycles. The van der Waals surface area contributed by atoms with E-state index in [1.165, 1.54) is 23.9 Å². The number of hydrogen-bond acceptors (Lipinski definition) is 3. The normalized spacial score (nSPS) is 22.8. The number of nitrogens with zero attached hydrogens (tertiary/aromatic N) is 1. The lowest BCUT2D eigenvalue weighted by Gasteiger charge is -2.15. The summed E-state index contributed by atoms with van der Waals surface area (Å²) in [5, 5.41) is 3.26. The molecule has 0 spiro atoms. The number of rotatable bonds is 2. The molecule has 1 unspecified atom stereocenters. The standard InChI is InChI=1S/C13H14ClF3N2S/c1-3-12(2)7-20-11(19-12)18-8-4-5-10(14)9(6-8)13(15,16)17/h4-6H,3,7H2,1-2H3,(H,18,19). The average molecular weight is 323 g/mol. The molecule has 2 rings (SSSR count). The van der Waals surface area contributed by atoms with E-state index in [2.05, 4.69) is 10.3 Å². The van der Waals surface area contributed by atoms with Crippen LogP contribution in [0.3, 0.4) is 0 Å². The van der Waals surface area contributed by atoms with Crippen LogP contribution in [0.25, 0.3) is 0 Å². The molecule has 1 aromatic rings. The van der Waals surface area contributed by atoms with Crippen LogP contribution in [0.4, 0.5) is 18.9 Å². The van der Waals surface area contributed by atoms with Gasteiger partial charge in [-0.15, -0.1) is 0 Å². The van der Waals surface area contributed by atoms with E-state index >= 15 is 0 Å². The Balaban J connectivity index is 2.22. The highest BCUT2D eigenvalue weighted by atomic mass is 35.5. The number of benzene rings is 1. The van der Waals surface area contributed by atoms with E-state index in [0.29, 0.717) is 10.9 Å². The SMILES string of the molecule is CCC1(C)CSC(Nc2ccc(Cl)c(C(F)(F)F)c2)=N1. The molecule has 0 aromatic heterocycles. The van der Waals surface area contributed by atoms with Gasteiger partial charge in [-0.25, -0.2) is 0 Å². The van der Waals surface area contributed by atoms with Crippen molar-refractivity contribution in [3.8, 4) is 0 Å². The third kappa shape index (κ3) is 3.41. The first-order valence-corrected chi connectivity index (χ1v) is 7.46. The molecule has 1 atom stereocenters. The van der Waals surface area contributed by atoms with Crippen molar-refractivity contribution >= 4 is 34.2 Å². The lowest BCUT2D eigenvalue weighted by molar-refractivity contribution is -0.137. The number of anilines is 1. The van der Waals surface area contributed by atoms with Crippen LogP contribution in [0.1, 0.15) is 25.8 Å². The van der Waals surface area contributed by atoms with E-state index in [0.717, 1.165) is 18.2 Å². The van der Waals surface area contributed by atoms with Gasteiger partial charge in [0.25, 0.3) is 0 Å². The Kier molecular flexibility index (Phi) is 4.25. The molecule has 1 N–H and O–H groups in total. The summed E-state index contributed by atoms with van der Waals surface area (Å²) >= 11 is 7.09. The maximum atomic E-state index is 12.8. The first-order valence-electron chi connectivity index (χ1n) is 6.10. The number of aliphatic imine (C=N–C) groups is 1. The van der Waals surface area contributed by atoms with E-state index in [-0.39, 0.29) is 10.6 Å². The van der Waals surface area contributed by atoms with Crippen molar-refractivity contribution in [1.29, 1.82) is 0 Å². The third-order valence-corrected chi connectivity index (χ3v) is 4.74. The second-order valence-corrected chi connectivity index (χ2v) is 6.24. The fourth-order valence-corrected chi connectivity index (χ4v) is 3.14. The number of amidine groups is 1. The molecule has 2 nitrogen and oxygen atoms in total. The molecule has 110 valence electrons. The molecule has 0 saturated heterocycles. The molecular formula is C13H14ClF3N2S. The zero-order valence-corrected chi connectivity index (χ0v) is 12.6. The minimum atomic E-state index is -4.46. The zero-order chi connectivity index (χ0) is 15.0. The summed E-state index contributed by atoms with van der Waals surface area (Å²) in [7, 11) is 0. The fourth-order valence-electron chi connectivity index (χ4n) is 1.72. The van der Waals surface area contributed by atoms with Gasteiger partial charge in [0.2, 0.25) is 0 Å². The van der Waals surface area contributed by atoms with Crippen molar-refractivity contribution in [2.45, 2.75) is 32.0 Å². The molecular weight excluding hydrogens is 309 g/mol. The average Bonchev–Trinajstić information content (AvgIpc) is 2.73. The van der Waals surface area contributed by atoms with Gasteiger partial charge in [0.05, 0.1) is 16.1 Å². The number of halogens is 4. The quantitative estimate of drug-likeness (QED) is 0.824. The van der Waals surface area contributed by atoms with Crippen molar-refractivity contribution in [3.05, 3.63) is 28.8 Å². The van der Waals surface area contributed by atoms with Crippen molar-refractivity contribution in [2.75, 3.05) is 11.1 Å². The van der Waals surface area contributed by atoms with Crippen LogP contribution in [0.5, 0.6) is 0 Å². The van der Waals surface area contributed by atoms with Gasteiger partial charge < -0.3 is 5.32 Å². The van der Waals surface area contributed by atoms with E-state index in [4.69, 9.17) is 11.6 Å². The van der Waals surface area contributed by atoms with Crippen molar-refractivity contribution in [3.63, 3.8) is 0 Å². The summed E-state index contributed by atoms with van der Waals surface area (Å²) in [5.74, 6) is 0.825. The van der Waals surface area contributed by atoms with Gasteiger partial charge in [-0.3, -0.25) is 4.99 Å². The van der Waals surface area contributed by atoms with Crippen LogP contribution < -0.4 is 5.32 Å². The van der Waals surface area contributed by atoms with Gasteiger partial charge >= 0.3 is 6.18 Å². The summed E-state index contributed by atoms with van der Waals surface area (Å²) in [4.78, 5) is 4.50. The molecule has 7 heteroatoms. The van der Waals surface area contributed by atoms with Crippen LogP contribution in [0.2, 0.25) is 5.02 Å². The van der Waals surface area contributed by atoms with Crippen molar-refractivity contribution in [2.24, 2.45) is 4.99 Å². The van der Waals surface area contributed by atoms with Crippen molar-refractivity contribution in [1.82, 2.24) is 0 Å². The molecule has 20 heavy (non-hydrogen) atoms. The van der Waals surface area contributed by atoms with E-state index in [9.17, 15) is 13.2 Å². The van der Waals surface area contributed by atoms with Gasteiger partial charge in [-0.05, 0) is 31.5 Å². The Morgan fingerprint density at radius 2 is 2.15 bits per heavy atom. The van der Waals surface area contributed by atoms with Crippen LogP contribution in [-0.2, 0) is 6.18 Å². The number of hydrogen-bond donors (Lipinski definition) is 1. The van der Waals surface area contributed by atoms with E-state index in [1.807, 2.05) is 13.8 Å². The van der Waals surface area contributed by atoms with Gasteiger partial charge in [0.15, 0.2) is 5.17 Å². The Hall–Kier alpha value is -0.880. The molecule has 0 aliphatic carbocycles. The number of thioether (sulfide) groups is 1. The molecule has 0 amide bonds. The third-order valence-electron chi connectivity index (χ3n) is 3.18.